The summed E-state index contributed by atoms with van der Waals surface area (Å²) in [6.45, 7) is 0.150. The highest BCUT2D eigenvalue weighted by Crippen LogP contribution is 2.33. The monoisotopic (exact) mass is 196 g/mol. The number of aromatic amines is 1. The van der Waals surface area contributed by atoms with Crippen molar-refractivity contribution in [2.45, 2.75) is 31.2 Å². The molecule has 0 saturated heterocycles. The molecule has 2 rings (SSSR count). The predicted octanol–water partition coefficient (Wildman–Crippen LogP) is 0.709. The van der Waals surface area contributed by atoms with Crippen LogP contribution in [0.15, 0.2) is 6.20 Å². The SMILES string of the molecule is Nc1[nH]ncc1NC1(CO)CCCC1. The molecular weight excluding hydrogens is 180 g/mol. The zero-order valence-corrected chi connectivity index (χ0v) is 8.08. The van der Waals surface area contributed by atoms with Gasteiger partial charge in [0.25, 0.3) is 0 Å². The zero-order valence-electron chi connectivity index (χ0n) is 8.08. The van der Waals surface area contributed by atoms with E-state index in [2.05, 4.69) is 15.5 Å². The number of nitrogens with two attached hydrogens (primary N) is 1. The Bertz CT molecular complexity index is 304. The van der Waals surface area contributed by atoms with Gasteiger partial charge in [-0.2, -0.15) is 5.10 Å². The second-order valence-corrected chi connectivity index (χ2v) is 3.97. The van der Waals surface area contributed by atoms with E-state index in [1.807, 2.05) is 0 Å². The molecule has 0 spiro atoms. The zero-order chi connectivity index (χ0) is 10.0. The summed E-state index contributed by atoms with van der Waals surface area (Å²) in [5.41, 5.74) is 6.28. The Kier molecular flexibility index (Phi) is 2.33. The fourth-order valence-electron chi connectivity index (χ4n) is 2.06. The van der Waals surface area contributed by atoms with Gasteiger partial charge in [0, 0.05) is 0 Å². The normalized spacial score (nSPS) is 19.8. The molecule has 0 unspecified atom stereocenters. The van der Waals surface area contributed by atoms with Crippen molar-refractivity contribution in [2.24, 2.45) is 0 Å². The van der Waals surface area contributed by atoms with E-state index in [1.165, 1.54) is 0 Å². The van der Waals surface area contributed by atoms with Crippen LogP contribution in [-0.2, 0) is 0 Å². The average molecular weight is 196 g/mol. The topological polar surface area (TPSA) is 87.0 Å². The lowest BCUT2D eigenvalue weighted by Gasteiger charge is -2.28. The Morgan fingerprint density at radius 2 is 2.29 bits per heavy atom. The summed E-state index contributed by atoms with van der Waals surface area (Å²) in [7, 11) is 0. The first kappa shape index (κ1) is 9.33. The Morgan fingerprint density at radius 3 is 2.79 bits per heavy atom. The standard InChI is InChI=1S/C9H16N4O/c10-8-7(5-11-13-8)12-9(6-14)3-1-2-4-9/h5,12,14H,1-4,6H2,(H3,10,11,13). The first-order valence-corrected chi connectivity index (χ1v) is 4.94. The van der Waals surface area contributed by atoms with Crippen LogP contribution in [0.2, 0.25) is 0 Å². The number of hydrogen-bond acceptors (Lipinski definition) is 4. The van der Waals surface area contributed by atoms with Gasteiger partial charge < -0.3 is 16.2 Å². The Morgan fingerprint density at radius 1 is 1.57 bits per heavy atom. The molecule has 0 aliphatic heterocycles. The van der Waals surface area contributed by atoms with Crippen LogP contribution >= 0.6 is 0 Å². The second kappa shape index (κ2) is 3.49. The number of aliphatic hydroxyl groups excluding tert-OH is 1. The maximum Gasteiger partial charge on any atom is 0.142 e. The number of anilines is 2. The van der Waals surface area contributed by atoms with E-state index in [1.54, 1.807) is 6.20 Å². The van der Waals surface area contributed by atoms with E-state index in [9.17, 15) is 5.11 Å². The summed E-state index contributed by atoms with van der Waals surface area (Å²) in [4.78, 5) is 0. The molecule has 1 aromatic heterocycles. The summed E-state index contributed by atoms with van der Waals surface area (Å²) in [5, 5.41) is 19.2. The summed E-state index contributed by atoms with van der Waals surface area (Å²) >= 11 is 0. The molecule has 0 amide bonds. The van der Waals surface area contributed by atoms with Gasteiger partial charge in [-0.1, -0.05) is 12.8 Å². The molecule has 0 bridgehead atoms. The summed E-state index contributed by atoms with van der Waals surface area (Å²) in [6.07, 6.45) is 5.96. The lowest BCUT2D eigenvalue weighted by Crippen LogP contribution is -2.39. The van der Waals surface area contributed by atoms with Crippen LogP contribution in [-0.4, -0.2) is 27.4 Å². The molecule has 78 valence electrons. The van der Waals surface area contributed by atoms with Crippen molar-refractivity contribution in [1.29, 1.82) is 0 Å². The number of nitrogen functional groups attached to an aromatic ring is 1. The minimum absolute atomic E-state index is 0.150. The highest BCUT2D eigenvalue weighted by Gasteiger charge is 2.33. The maximum atomic E-state index is 9.37. The summed E-state index contributed by atoms with van der Waals surface area (Å²) in [6, 6.07) is 0. The van der Waals surface area contributed by atoms with Gasteiger partial charge in [-0.3, -0.25) is 5.10 Å². The van der Waals surface area contributed by atoms with Gasteiger partial charge in [0.05, 0.1) is 24.0 Å². The number of hydrogen-bond donors (Lipinski definition) is 4. The van der Waals surface area contributed by atoms with Crippen LogP contribution in [0.25, 0.3) is 0 Å². The number of nitrogens with zero attached hydrogens (tertiary/aromatic N) is 1. The second-order valence-electron chi connectivity index (χ2n) is 3.97. The van der Waals surface area contributed by atoms with E-state index in [-0.39, 0.29) is 12.1 Å². The highest BCUT2D eigenvalue weighted by atomic mass is 16.3. The lowest BCUT2D eigenvalue weighted by molar-refractivity contribution is 0.214. The quantitative estimate of drug-likeness (QED) is 0.573. The third kappa shape index (κ3) is 1.55. The van der Waals surface area contributed by atoms with Crippen LogP contribution in [0.4, 0.5) is 11.5 Å². The molecule has 5 nitrogen and oxygen atoms in total. The van der Waals surface area contributed by atoms with Gasteiger partial charge in [-0.15, -0.1) is 0 Å². The van der Waals surface area contributed by atoms with E-state index >= 15 is 0 Å². The third-order valence-electron chi connectivity index (χ3n) is 2.93. The molecule has 14 heavy (non-hydrogen) atoms. The molecule has 1 aliphatic carbocycles. The average Bonchev–Trinajstić information content (AvgIpc) is 2.79. The molecule has 1 aliphatic rings. The minimum Gasteiger partial charge on any atom is -0.394 e. The Hall–Kier alpha value is -1.23. The van der Waals surface area contributed by atoms with Crippen molar-refractivity contribution in [3.8, 4) is 0 Å². The predicted molar refractivity (Wildman–Crippen MR) is 54.9 cm³/mol. The molecule has 0 aromatic carbocycles. The molecule has 1 aromatic rings. The molecule has 1 fully saturated rings. The number of H-pyrrole nitrogens is 1. The van der Waals surface area contributed by atoms with Crippen LogP contribution in [0.1, 0.15) is 25.7 Å². The first-order valence-electron chi connectivity index (χ1n) is 4.94. The van der Waals surface area contributed by atoms with E-state index in [0.29, 0.717) is 5.82 Å². The number of rotatable bonds is 3. The van der Waals surface area contributed by atoms with Crippen molar-refractivity contribution in [2.75, 3.05) is 17.7 Å². The van der Waals surface area contributed by atoms with E-state index < -0.39 is 0 Å². The van der Waals surface area contributed by atoms with Crippen LogP contribution in [0.5, 0.6) is 0 Å². The first-order chi connectivity index (χ1) is 6.76. The van der Waals surface area contributed by atoms with Gasteiger partial charge in [0.2, 0.25) is 0 Å². The fourth-order valence-corrected chi connectivity index (χ4v) is 2.06. The van der Waals surface area contributed by atoms with Crippen molar-refractivity contribution >= 4 is 11.5 Å². The van der Waals surface area contributed by atoms with Crippen LogP contribution in [0.3, 0.4) is 0 Å². The van der Waals surface area contributed by atoms with Crippen molar-refractivity contribution < 1.29 is 5.11 Å². The molecule has 0 atom stereocenters. The summed E-state index contributed by atoms with van der Waals surface area (Å²) in [5.74, 6) is 0.532. The van der Waals surface area contributed by atoms with Crippen LogP contribution in [0, 0.1) is 0 Å². The summed E-state index contributed by atoms with van der Waals surface area (Å²) < 4.78 is 0. The molecule has 1 saturated carbocycles. The fraction of sp³-hybridized carbons (Fsp3) is 0.667. The highest BCUT2D eigenvalue weighted by molar-refractivity contribution is 5.61. The smallest absolute Gasteiger partial charge is 0.142 e. The van der Waals surface area contributed by atoms with Crippen molar-refractivity contribution in [3.05, 3.63) is 6.20 Å². The van der Waals surface area contributed by atoms with Gasteiger partial charge in [-0.25, -0.2) is 0 Å². The molecule has 1 heterocycles. The number of aromatic nitrogens is 2. The molecule has 0 radical (unpaired) electrons. The van der Waals surface area contributed by atoms with Gasteiger partial charge in [-0.05, 0) is 12.8 Å². The lowest BCUT2D eigenvalue weighted by atomic mass is 9.99. The van der Waals surface area contributed by atoms with E-state index in [4.69, 9.17) is 5.73 Å². The number of aliphatic hydroxyl groups is 1. The number of nitrogens with one attached hydrogen (secondary N) is 2. The van der Waals surface area contributed by atoms with Crippen LogP contribution < -0.4 is 11.1 Å². The Balaban J connectivity index is 2.12. The van der Waals surface area contributed by atoms with E-state index in [0.717, 1.165) is 31.4 Å². The third-order valence-corrected chi connectivity index (χ3v) is 2.93. The molecule has 5 heteroatoms. The van der Waals surface area contributed by atoms with Gasteiger partial charge in [0.15, 0.2) is 0 Å². The largest absolute Gasteiger partial charge is 0.394 e. The van der Waals surface area contributed by atoms with Gasteiger partial charge >= 0.3 is 0 Å². The van der Waals surface area contributed by atoms with Crippen molar-refractivity contribution in [1.82, 2.24) is 10.2 Å². The molecule has 5 N–H and O–H groups in total. The molecular formula is C9H16N4O. The maximum absolute atomic E-state index is 9.37. The van der Waals surface area contributed by atoms with Gasteiger partial charge in [0.1, 0.15) is 5.82 Å². The minimum atomic E-state index is -0.183. The van der Waals surface area contributed by atoms with Crippen molar-refractivity contribution in [3.63, 3.8) is 0 Å². The Labute approximate surface area is 82.7 Å².